The summed E-state index contributed by atoms with van der Waals surface area (Å²) in [6, 6.07) is 0. The lowest BCUT2D eigenvalue weighted by molar-refractivity contribution is 0.0171. The van der Waals surface area contributed by atoms with E-state index in [0.717, 1.165) is 11.8 Å². The molecule has 3 rings (SSSR count). The van der Waals surface area contributed by atoms with Gasteiger partial charge in [0.05, 0.1) is 12.2 Å². The first-order valence-electron chi connectivity index (χ1n) is 4.18. The van der Waals surface area contributed by atoms with E-state index in [4.69, 9.17) is 9.47 Å². The highest BCUT2D eigenvalue weighted by Gasteiger charge is 2.51. The fraction of sp³-hybridized carbons (Fsp3) is 1.00. The number of ether oxygens (including phenoxy) is 2. The van der Waals surface area contributed by atoms with Gasteiger partial charge < -0.3 is 9.47 Å². The second kappa shape index (κ2) is 1.74. The van der Waals surface area contributed by atoms with Crippen LogP contribution in [0.5, 0.6) is 0 Å². The van der Waals surface area contributed by atoms with Crippen LogP contribution in [0.3, 0.4) is 0 Å². The molecule has 1 heterocycles. The molecular formula is C8H12O2. The van der Waals surface area contributed by atoms with Crippen LogP contribution < -0.4 is 0 Å². The van der Waals surface area contributed by atoms with Crippen molar-refractivity contribution in [3.8, 4) is 0 Å². The molecule has 2 saturated carbocycles. The molecule has 4 atom stereocenters. The van der Waals surface area contributed by atoms with Gasteiger partial charge in [-0.2, -0.15) is 0 Å². The maximum Gasteiger partial charge on any atom is 0.147 e. The van der Waals surface area contributed by atoms with Gasteiger partial charge in [-0.05, 0) is 31.1 Å². The summed E-state index contributed by atoms with van der Waals surface area (Å²) in [7, 11) is 0. The number of hydrogen-bond donors (Lipinski definition) is 0. The summed E-state index contributed by atoms with van der Waals surface area (Å²) in [5.41, 5.74) is 0. The molecule has 4 unspecified atom stereocenters. The van der Waals surface area contributed by atoms with E-state index in [9.17, 15) is 0 Å². The number of rotatable bonds is 0. The highest BCUT2D eigenvalue weighted by molar-refractivity contribution is 4.99. The fourth-order valence-electron chi connectivity index (χ4n) is 2.84. The van der Waals surface area contributed by atoms with Gasteiger partial charge in [0.25, 0.3) is 0 Å². The standard InChI is InChI=1S/C8H12O2/c1-2-6-3-5(1)7-8(6)10-4-9-7/h5-8H,1-4H2. The van der Waals surface area contributed by atoms with Gasteiger partial charge in [0.2, 0.25) is 0 Å². The van der Waals surface area contributed by atoms with Crippen LogP contribution in [-0.2, 0) is 9.47 Å². The molecule has 3 fully saturated rings. The summed E-state index contributed by atoms with van der Waals surface area (Å²) in [4.78, 5) is 0. The largest absolute Gasteiger partial charge is 0.349 e. The molecule has 0 spiro atoms. The topological polar surface area (TPSA) is 18.5 Å². The minimum absolute atomic E-state index is 0.485. The molecule has 2 aliphatic carbocycles. The van der Waals surface area contributed by atoms with Crippen molar-refractivity contribution in [1.29, 1.82) is 0 Å². The normalized spacial score (nSPS) is 57.6. The summed E-state index contributed by atoms with van der Waals surface area (Å²) in [6.07, 6.45) is 5.11. The molecule has 0 N–H and O–H groups in total. The fourth-order valence-corrected chi connectivity index (χ4v) is 2.84. The average molecular weight is 140 g/mol. The highest BCUT2D eigenvalue weighted by Crippen LogP contribution is 2.49. The Morgan fingerprint density at radius 3 is 2.10 bits per heavy atom. The van der Waals surface area contributed by atoms with Crippen LogP contribution in [0.25, 0.3) is 0 Å². The van der Waals surface area contributed by atoms with Crippen molar-refractivity contribution in [1.82, 2.24) is 0 Å². The first-order valence-corrected chi connectivity index (χ1v) is 4.18. The molecule has 3 aliphatic rings. The third-order valence-corrected chi connectivity index (χ3v) is 3.29. The Morgan fingerprint density at radius 2 is 1.50 bits per heavy atom. The van der Waals surface area contributed by atoms with E-state index in [-0.39, 0.29) is 0 Å². The Kier molecular flexibility index (Phi) is 0.968. The molecule has 1 saturated heterocycles. The lowest BCUT2D eigenvalue weighted by atomic mass is 9.95. The predicted molar refractivity (Wildman–Crippen MR) is 35.4 cm³/mol. The first kappa shape index (κ1) is 5.56. The van der Waals surface area contributed by atoms with Gasteiger partial charge in [-0.3, -0.25) is 0 Å². The smallest absolute Gasteiger partial charge is 0.147 e. The van der Waals surface area contributed by atoms with Gasteiger partial charge in [-0.1, -0.05) is 0 Å². The van der Waals surface area contributed by atoms with E-state index in [1.165, 1.54) is 19.3 Å². The van der Waals surface area contributed by atoms with Crippen LogP contribution in [0, 0.1) is 11.8 Å². The predicted octanol–water partition coefficient (Wildman–Crippen LogP) is 1.16. The molecule has 2 bridgehead atoms. The van der Waals surface area contributed by atoms with Crippen molar-refractivity contribution in [2.24, 2.45) is 11.8 Å². The second-order valence-corrected chi connectivity index (χ2v) is 3.71. The van der Waals surface area contributed by atoms with E-state index in [2.05, 4.69) is 0 Å². The summed E-state index contributed by atoms with van der Waals surface area (Å²) in [6.45, 7) is 0.558. The van der Waals surface area contributed by atoms with Crippen molar-refractivity contribution in [3.05, 3.63) is 0 Å². The Morgan fingerprint density at radius 1 is 0.900 bits per heavy atom. The van der Waals surface area contributed by atoms with E-state index in [1.807, 2.05) is 0 Å². The summed E-state index contributed by atoms with van der Waals surface area (Å²) >= 11 is 0. The minimum Gasteiger partial charge on any atom is -0.349 e. The molecule has 2 heteroatoms. The zero-order valence-corrected chi connectivity index (χ0v) is 5.95. The number of hydrogen-bond acceptors (Lipinski definition) is 2. The maximum atomic E-state index is 5.49. The third kappa shape index (κ3) is 0.523. The van der Waals surface area contributed by atoms with Crippen LogP contribution in [0.15, 0.2) is 0 Å². The Hall–Kier alpha value is -0.0800. The molecule has 2 nitrogen and oxygen atoms in total. The second-order valence-electron chi connectivity index (χ2n) is 3.71. The molecule has 0 amide bonds. The lowest BCUT2D eigenvalue weighted by Gasteiger charge is -2.20. The minimum atomic E-state index is 0.485. The van der Waals surface area contributed by atoms with Crippen LogP contribution in [0.4, 0.5) is 0 Å². The molecule has 1 aliphatic heterocycles. The Balaban J connectivity index is 1.92. The average Bonchev–Trinajstić information content (AvgIpc) is 2.60. The van der Waals surface area contributed by atoms with E-state index >= 15 is 0 Å². The third-order valence-electron chi connectivity index (χ3n) is 3.29. The molecule has 56 valence electrons. The summed E-state index contributed by atoms with van der Waals surface area (Å²) in [5.74, 6) is 1.69. The molecular weight excluding hydrogens is 128 g/mol. The molecule has 0 aromatic rings. The van der Waals surface area contributed by atoms with Gasteiger partial charge in [0, 0.05) is 0 Å². The highest BCUT2D eigenvalue weighted by atomic mass is 16.7. The molecule has 0 aromatic carbocycles. The van der Waals surface area contributed by atoms with E-state index in [1.54, 1.807) is 0 Å². The Bertz CT molecular complexity index is 141. The van der Waals surface area contributed by atoms with Gasteiger partial charge in [0.1, 0.15) is 6.79 Å². The first-order chi connectivity index (χ1) is 4.95. The monoisotopic (exact) mass is 140 g/mol. The number of fused-ring (bicyclic) bond motifs is 5. The maximum absolute atomic E-state index is 5.49. The lowest BCUT2D eigenvalue weighted by Crippen LogP contribution is -2.28. The van der Waals surface area contributed by atoms with Crippen LogP contribution in [0.1, 0.15) is 19.3 Å². The zero-order valence-electron chi connectivity index (χ0n) is 5.95. The molecule has 10 heavy (non-hydrogen) atoms. The Labute approximate surface area is 60.5 Å². The van der Waals surface area contributed by atoms with Gasteiger partial charge in [-0.15, -0.1) is 0 Å². The van der Waals surface area contributed by atoms with Crippen molar-refractivity contribution in [2.45, 2.75) is 31.5 Å². The van der Waals surface area contributed by atoms with Crippen LogP contribution in [-0.4, -0.2) is 19.0 Å². The van der Waals surface area contributed by atoms with Crippen LogP contribution in [0.2, 0.25) is 0 Å². The van der Waals surface area contributed by atoms with E-state index < -0.39 is 0 Å². The SMILES string of the molecule is C1OC2C3CCC(C3)C2O1. The quantitative estimate of drug-likeness (QED) is 0.502. The summed E-state index contributed by atoms with van der Waals surface area (Å²) in [5, 5.41) is 0. The van der Waals surface area contributed by atoms with Crippen molar-refractivity contribution >= 4 is 0 Å². The van der Waals surface area contributed by atoms with E-state index in [0.29, 0.717) is 19.0 Å². The van der Waals surface area contributed by atoms with Crippen molar-refractivity contribution in [2.75, 3.05) is 6.79 Å². The summed E-state index contributed by atoms with van der Waals surface area (Å²) < 4.78 is 11.0. The molecule has 0 radical (unpaired) electrons. The van der Waals surface area contributed by atoms with Gasteiger partial charge >= 0.3 is 0 Å². The van der Waals surface area contributed by atoms with Crippen molar-refractivity contribution < 1.29 is 9.47 Å². The van der Waals surface area contributed by atoms with Gasteiger partial charge in [-0.25, -0.2) is 0 Å². The van der Waals surface area contributed by atoms with Crippen molar-refractivity contribution in [3.63, 3.8) is 0 Å². The van der Waals surface area contributed by atoms with Crippen LogP contribution >= 0.6 is 0 Å². The molecule has 0 aromatic heterocycles. The zero-order chi connectivity index (χ0) is 6.55. The van der Waals surface area contributed by atoms with Gasteiger partial charge in [0.15, 0.2) is 0 Å².